The van der Waals surface area contributed by atoms with Gasteiger partial charge in [0.1, 0.15) is 5.76 Å². The summed E-state index contributed by atoms with van der Waals surface area (Å²) in [5.41, 5.74) is 3.23. The smallest absolute Gasteiger partial charge is 0.254 e. The van der Waals surface area contributed by atoms with Crippen LogP contribution >= 0.6 is 0 Å². The number of nitrogens with one attached hydrogen (secondary N) is 1. The zero-order valence-corrected chi connectivity index (χ0v) is 18.3. The maximum Gasteiger partial charge on any atom is 0.254 e. The molecule has 6 nitrogen and oxygen atoms in total. The van der Waals surface area contributed by atoms with Crippen molar-refractivity contribution in [3.8, 4) is 0 Å². The summed E-state index contributed by atoms with van der Waals surface area (Å²) in [4.78, 5) is 17.8. The van der Waals surface area contributed by atoms with Gasteiger partial charge in [-0.2, -0.15) is 0 Å². The van der Waals surface area contributed by atoms with Gasteiger partial charge in [-0.1, -0.05) is 32.0 Å². The number of para-hydroxylation sites is 1. The van der Waals surface area contributed by atoms with E-state index in [2.05, 4.69) is 60.2 Å². The van der Waals surface area contributed by atoms with Gasteiger partial charge in [-0.05, 0) is 37.0 Å². The van der Waals surface area contributed by atoms with Crippen molar-refractivity contribution >= 4 is 11.6 Å². The van der Waals surface area contributed by atoms with Gasteiger partial charge in [0.2, 0.25) is 0 Å². The highest BCUT2D eigenvalue weighted by Crippen LogP contribution is 2.33. The van der Waals surface area contributed by atoms with Gasteiger partial charge in [0.15, 0.2) is 0 Å². The monoisotopic (exact) mass is 411 g/mol. The fourth-order valence-corrected chi connectivity index (χ4v) is 4.68. The van der Waals surface area contributed by atoms with Gasteiger partial charge < -0.3 is 19.4 Å². The van der Waals surface area contributed by atoms with Crippen molar-refractivity contribution in [2.45, 2.75) is 45.8 Å². The van der Waals surface area contributed by atoms with E-state index < -0.39 is 0 Å². The van der Waals surface area contributed by atoms with E-state index in [0.717, 1.165) is 38.5 Å². The Morgan fingerprint density at radius 1 is 1.20 bits per heavy atom. The Labute approximate surface area is 179 Å². The lowest BCUT2D eigenvalue weighted by molar-refractivity contribution is 0.00672. The largest absolute Gasteiger partial charge is 0.467 e. The van der Waals surface area contributed by atoms with Crippen molar-refractivity contribution in [2.24, 2.45) is 5.92 Å². The number of anilines is 1. The molecule has 1 aromatic heterocycles. The van der Waals surface area contributed by atoms with Gasteiger partial charge in [0.25, 0.3) is 5.91 Å². The molecule has 1 saturated heterocycles. The van der Waals surface area contributed by atoms with E-state index in [0.29, 0.717) is 36.7 Å². The van der Waals surface area contributed by atoms with Crippen LogP contribution in [-0.4, -0.2) is 55.7 Å². The maximum absolute atomic E-state index is 13.0. The first-order chi connectivity index (χ1) is 14.5. The van der Waals surface area contributed by atoms with Crippen LogP contribution in [0.1, 0.15) is 42.5 Å². The summed E-state index contributed by atoms with van der Waals surface area (Å²) >= 11 is 0. The summed E-state index contributed by atoms with van der Waals surface area (Å²) in [6.45, 7) is 11.2. The van der Waals surface area contributed by atoms with Gasteiger partial charge in [0.05, 0.1) is 31.6 Å². The number of carbonyl (C=O) groups is 1. The number of hydrogen-bond acceptors (Lipinski definition) is 5. The highest BCUT2D eigenvalue weighted by atomic mass is 16.5. The molecule has 0 bridgehead atoms. The Balaban J connectivity index is 1.42. The van der Waals surface area contributed by atoms with Gasteiger partial charge in [-0.25, -0.2) is 0 Å². The molecule has 0 saturated carbocycles. The molecule has 1 aromatic carbocycles. The third-order valence-electron chi connectivity index (χ3n) is 6.41. The van der Waals surface area contributed by atoms with Gasteiger partial charge in [-0.3, -0.25) is 9.69 Å². The van der Waals surface area contributed by atoms with Crippen LogP contribution in [0.25, 0.3) is 0 Å². The molecule has 0 unspecified atom stereocenters. The highest BCUT2D eigenvalue weighted by molar-refractivity contribution is 5.95. The molecule has 1 fully saturated rings. The molecule has 2 aliphatic heterocycles. The second-order valence-electron chi connectivity index (χ2n) is 8.74. The molecule has 2 aromatic rings. The standard InChI is InChI=1S/C24H33N3O3/c1-17(2)22(26-9-12-29-13-10-26)15-25-24(28)20-8-11-30-23(20)16-27-18(3)14-19-6-4-5-7-21(19)27/h4-8,11,17-18,22H,9-10,12-16H2,1-3H3,(H,25,28)/t18-,22+/m0/s1. The van der Waals surface area contributed by atoms with E-state index in [1.807, 2.05) is 0 Å². The summed E-state index contributed by atoms with van der Waals surface area (Å²) in [7, 11) is 0. The number of fused-ring (bicyclic) bond motifs is 1. The summed E-state index contributed by atoms with van der Waals surface area (Å²) in [6.07, 6.45) is 2.65. The molecule has 6 heteroatoms. The van der Waals surface area contributed by atoms with Crippen molar-refractivity contribution in [1.29, 1.82) is 0 Å². The Kier molecular flexibility index (Phi) is 6.44. The average Bonchev–Trinajstić information content (AvgIpc) is 3.33. The molecule has 4 rings (SSSR count). The van der Waals surface area contributed by atoms with Gasteiger partial charge in [-0.15, -0.1) is 0 Å². The van der Waals surface area contributed by atoms with Crippen LogP contribution in [0.15, 0.2) is 41.0 Å². The topological polar surface area (TPSA) is 58.0 Å². The fraction of sp³-hybridized carbons (Fsp3) is 0.542. The fourth-order valence-electron chi connectivity index (χ4n) is 4.68. The first-order valence-corrected chi connectivity index (χ1v) is 11.1. The number of benzene rings is 1. The van der Waals surface area contributed by atoms with Crippen LogP contribution in [-0.2, 0) is 17.7 Å². The zero-order valence-electron chi connectivity index (χ0n) is 18.3. The van der Waals surface area contributed by atoms with Crippen LogP contribution in [0.4, 0.5) is 5.69 Å². The van der Waals surface area contributed by atoms with E-state index in [-0.39, 0.29) is 5.91 Å². The predicted molar refractivity (Wildman–Crippen MR) is 118 cm³/mol. The summed E-state index contributed by atoms with van der Waals surface area (Å²) in [6, 6.07) is 11.0. The zero-order chi connectivity index (χ0) is 21.1. The van der Waals surface area contributed by atoms with Crippen LogP contribution < -0.4 is 10.2 Å². The first kappa shape index (κ1) is 20.9. The third-order valence-corrected chi connectivity index (χ3v) is 6.41. The van der Waals surface area contributed by atoms with Crippen LogP contribution in [0.2, 0.25) is 0 Å². The minimum absolute atomic E-state index is 0.0576. The molecule has 0 radical (unpaired) electrons. The SMILES string of the molecule is CC(C)[C@@H](CNC(=O)c1ccoc1CN1c2ccccc2C[C@@H]1C)N1CCOCC1. The molecule has 2 atom stereocenters. The van der Waals surface area contributed by atoms with Crippen molar-refractivity contribution in [2.75, 3.05) is 37.7 Å². The lowest BCUT2D eigenvalue weighted by Crippen LogP contribution is -2.51. The normalized spacial score (nSPS) is 20.4. The quantitative estimate of drug-likeness (QED) is 0.758. The molecule has 162 valence electrons. The van der Waals surface area contributed by atoms with Crippen molar-refractivity contribution < 1.29 is 13.9 Å². The predicted octanol–water partition coefficient (Wildman–Crippen LogP) is 3.32. The van der Waals surface area contributed by atoms with E-state index in [4.69, 9.17) is 9.15 Å². The molecular formula is C24H33N3O3. The molecule has 1 N–H and O–H groups in total. The number of morpholine rings is 1. The molecule has 30 heavy (non-hydrogen) atoms. The molecule has 2 aliphatic rings. The van der Waals surface area contributed by atoms with Gasteiger partial charge >= 0.3 is 0 Å². The third kappa shape index (κ3) is 4.40. The van der Waals surface area contributed by atoms with Crippen molar-refractivity contribution in [1.82, 2.24) is 10.2 Å². The summed E-state index contributed by atoms with van der Waals surface area (Å²) in [5, 5.41) is 3.16. The van der Waals surface area contributed by atoms with Crippen LogP contribution in [0.3, 0.4) is 0 Å². The number of hydrogen-bond donors (Lipinski definition) is 1. The van der Waals surface area contributed by atoms with Crippen molar-refractivity contribution in [3.63, 3.8) is 0 Å². The molecule has 1 amide bonds. The van der Waals surface area contributed by atoms with Crippen LogP contribution in [0.5, 0.6) is 0 Å². The first-order valence-electron chi connectivity index (χ1n) is 11.1. The van der Waals surface area contributed by atoms with Crippen LogP contribution in [0, 0.1) is 5.92 Å². The minimum Gasteiger partial charge on any atom is -0.467 e. The highest BCUT2D eigenvalue weighted by Gasteiger charge is 2.29. The Hall–Kier alpha value is -2.31. The summed E-state index contributed by atoms with van der Waals surface area (Å²) in [5.74, 6) is 1.12. The summed E-state index contributed by atoms with van der Waals surface area (Å²) < 4.78 is 11.2. The Bertz CT molecular complexity index is 857. The second-order valence-corrected chi connectivity index (χ2v) is 8.74. The van der Waals surface area contributed by atoms with E-state index in [1.54, 1.807) is 12.3 Å². The minimum atomic E-state index is -0.0576. The van der Waals surface area contributed by atoms with Crippen molar-refractivity contribution in [3.05, 3.63) is 53.5 Å². The van der Waals surface area contributed by atoms with E-state index >= 15 is 0 Å². The molecule has 0 spiro atoms. The average molecular weight is 412 g/mol. The van der Waals surface area contributed by atoms with E-state index in [1.165, 1.54) is 11.3 Å². The van der Waals surface area contributed by atoms with E-state index in [9.17, 15) is 4.79 Å². The number of ether oxygens (including phenoxy) is 1. The Morgan fingerprint density at radius 3 is 2.73 bits per heavy atom. The Morgan fingerprint density at radius 2 is 1.97 bits per heavy atom. The lowest BCUT2D eigenvalue weighted by Gasteiger charge is -2.36. The number of nitrogens with zero attached hydrogens (tertiary/aromatic N) is 2. The lowest BCUT2D eigenvalue weighted by atomic mass is 10.0. The second kappa shape index (κ2) is 9.23. The number of rotatable bonds is 7. The molecular weight excluding hydrogens is 378 g/mol. The number of carbonyl (C=O) groups excluding carboxylic acids is 1. The molecule has 3 heterocycles. The van der Waals surface area contributed by atoms with Gasteiger partial charge in [0, 0.05) is 37.4 Å². The number of furan rings is 1. The maximum atomic E-state index is 13.0. The molecule has 0 aliphatic carbocycles. The number of amides is 1.